The van der Waals surface area contributed by atoms with Crippen LogP contribution in [0.25, 0.3) is 11.3 Å². The van der Waals surface area contributed by atoms with Crippen molar-refractivity contribution in [2.75, 3.05) is 0 Å². The van der Waals surface area contributed by atoms with Crippen LogP contribution in [0.15, 0.2) is 27.4 Å². The number of aliphatic hydroxyl groups is 1. The SMILES string of the molecule is CCCC(=O)Cc1cc(O)c(C2=C(O)c3c(O)cc(O)cc3C(=O)C2=O)c(=O)o1. The fourth-order valence-corrected chi connectivity index (χ4v) is 3.15. The second-order valence-corrected chi connectivity index (χ2v) is 6.50. The van der Waals surface area contributed by atoms with Gasteiger partial charge in [-0.25, -0.2) is 4.79 Å². The van der Waals surface area contributed by atoms with E-state index in [4.69, 9.17) is 4.42 Å². The van der Waals surface area contributed by atoms with Gasteiger partial charge in [0.05, 0.1) is 17.6 Å². The number of carbonyl (C=O) groups excluding carboxylic acids is 3. The molecule has 0 aliphatic heterocycles. The zero-order valence-electron chi connectivity index (χ0n) is 15.2. The summed E-state index contributed by atoms with van der Waals surface area (Å²) in [6.45, 7) is 1.79. The summed E-state index contributed by atoms with van der Waals surface area (Å²) in [6, 6.07) is 2.67. The predicted octanol–water partition coefficient (Wildman–Crippen LogP) is 1.86. The Labute approximate surface area is 163 Å². The average Bonchev–Trinajstić information content (AvgIpc) is 2.61. The summed E-state index contributed by atoms with van der Waals surface area (Å²) in [5, 5.41) is 40.3. The predicted molar refractivity (Wildman–Crippen MR) is 98.8 cm³/mol. The van der Waals surface area contributed by atoms with E-state index in [2.05, 4.69) is 0 Å². The highest BCUT2D eigenvalue weighted by Gasteiger charge is 2.38. The maximum absolute atomic E-state index is 12.5. The van der Waals surface area contributed by atoms with Gasteiger partial charge in [-0.3, -0.25) is 14.4 Å². The number of benzene rings is 1. The number of rotatable bonds is 5. The zero-order chi connectivity index (χ0) is 21.5. The van der Waals surface area contributed by atoms with Crippen LogP contribution >= 0.6 is 0 Å². The summed E-state index contributed by atoms with van der Waals surface area (Å²) in [5.74, 6) is -5.84. The van der Waals surface area contributed by atoms with E-state index in [0.717, 1.165) is 18.2 Å². The van der Waals surface area contributed by atoms with Crippen molar-refractivity contribution in [2.24, 2.45) is 0 Å². The molecular weight excluding hydrogens is 384 g/mol. The van der Waals surface area contributed by atoms with E-state index >= 15 is 0 Å². The Bertz CT molecular complexity index is 1150. The minimum absolute atomic E-state index is 0.141. The van der Waals surface area contributed by atoms with Gasteiger partial charge in [0.1, 0.15) is 40.1 Å². The lowest BCUT2D eigenvalue weighted by molar-refractivity contribution is -0.118. The van der Waals surface area contributed by atoms with Gasteiger partial charge in [-0.15, -0.1) is 0 Å². The van der Waals surface area contributed by atoms with Crippen LogP contribution in [0.3, 0.4) is 0 Å². The molecule has 1 heterocycles. The van der Waals surface area contributed by atoms with Crippen molar-refractivity contribution in [2.45, 2.75) is 26.2 Å². The summed E-state index contributed by atoms with van der Waals surface area (Å²) in [5.41, 5.74) is -3.79. The van der Waals surface area contributed by atoms with Crippen LogP contribution in [0.1, 0.15) is 47.0 Å². The first-order chi connectivity index (χ1) is 13.6. The molecule has 0 atom stereocenters. The van der Waals surface area contributed by atoms with Gasteiger partial charge in [0.2, 0.25) is 11.6 Å². The fourth-order valence-electron chi connectivity index (χ4n) is 3.15. The van der Waals surface area contributed by atoms with Gasteiger partial charge in [-0.05, 0) is 12.5 Å². The summed E-state index contributed by atoms with van der Waals surface area (Å²) < 4.78 is 4.98. The molecule has 0 amide bonds. The molecule has 0 saturated heterocycles. The van der Waals surface area contributed by atoms with Crippen LogP contribution < -0.4 is 5.63 Å². The van der Waals surface area contributed by atoms with Crippen LogP contribution in [0, 0.1) is 0 Å². The molecule has 3 rings (SSSR count). The highest BCUT2D eigenvalue weighted by Crippen LogP contribution is 2.41. The quantitative estimate of drug-likeness (QED) is 0.549. The van der Waals surface area contributed by atoms with Crippen LogP contribution in [0.4, 0.5) is 0 Å². The highest BCUT2D eigenvalue weighted by molar-refractivity contribution is 6.62. The van der Waals surface area contributed by atoms with Gasteiger partial charge < -0.3 is 24.8 Å². The average molecular weight is 400 g/mol. The van der Waals surface area contributed by atoms with Crippen molar-refractivity contribution in [3.8, 4) is 17.2 Å². The molecular formula is C20H16O9. The Morgan fingerprint density at radius 3 is 2.21 bits per heavy atom. The van der Waals surface area contributed by atoms with Crippen molar-refractivity contribution < 1.29 is 39.2 Å². The number of allylic oxidation sites excluding steroid dienone is 1. The molecule has 1 aromatic carbocycles. The molecule has 29 heavy (non-hydrogen) atoms. The second-order valence-electron chi connectivity index (χ2n) is 6.50. The van der Waals surface area contributed by atoms with E-state index in [-0.39, 0.29) is 24.4 Å². The molecule has 0 radical (unpaired) electrons. The first-order valence-corrected chi connectivity index (χ1v) is 8.62. The molecule has 9 heteroatoms. The molecule has 0 unspecified atom stereocenters. The number of phenols is 2. The van der Waals surface area contributed by atoms with Crippen molar-refractivity contribution in [3.63, 3.8) is 0 Å². The van der Waals surface area contributed by atoms with Crippen LogP contribution in [0.5, 0.6) is 17.2 Å². The molecule has 4 N–H and O–H groups in total. The van der Waals surface area contributed by atoms with E-state index in [0.29, 0.717) is 6.42 Å². The normalized spacial score (nSPS) is 13.6. The van der Waals surface area contributed by atoms with Gasteiger partial charge in [0.25, 0.3) is 0 Å². The number of carbonyl (C=O) groups is 3. The third kappa shape index (κ3) is 3.38. The molecule has 2 aromatic rings. The summed E-state index contributed by atoms with van der Waals surface area (Å²) in [4.78, 5) is 49.0. The highest BCUT2D eigenvalue weighted by atomic mass is 16.4. The van der Waals surface area contributed by atoms with Crippen molar-refractivity contribution in [3.05, 3.63) is 51.1 Å². The van der Waals surface area contributed by atoms with Gasteiger partial charge in [0, 0.05) is 24.1 Å². The molecule has 1 aliphatic rings. The Morgan fingerprint density at radius 1 is 0.931 bits per heavy atom. The Balaban J connectivity index is 2.19. The first kappa shape index (κ1) is 19.9. The third-order valence-electron chi connectivity index (χ3n) is 4.39. The number of hydrogen-bond acceptors (Lipinski definition) is 9. The number of hydrogen-bond donors (Lipinski definition) is 4. The molecule has 1 aromatic heterocycles. The second kappa shape index (κ2) is 7.27. The van der Waals surface area contributed by atoms with Crippen molar-refractivity contribution >= 4 is 28.7 Å². The Morgan fingerprint density at radius 2 is 1.59 bits per heavy atom. The van der Waals surface area contributed by atoms with E-state index in [1.807, 2.05) is 0 Å². The molecule has 0 fully saturated rings. The molecule has 1 aliphatic carbocycles. The summed E-state index contributed by atoms with van der Waals surface area (Å²) in [7, 11) is 0. The molecule has 0 saturated carbocycles. The van der Waals surface area contributed by atoms with Crippen LogP contribution in [-0.2, 0) is 16.0 Å². The topological polar surface area (TPSA) is 162 Å². The van der Waals surface area contributed by atoms with E-state index in [1.165, 1.54) is 0 Å². The number of aromatic hydroxyl groups is 3. The smallest absolute Gasteiger partial charge is 0.347 e. The largest absolute Gasteiger partial charge is 0.508 e. The molecule has 150 valence electrons. The number of fused-ring (bicyclic) bond motifs is 1. The minimum atomic E-state index is -1.34. The summed E-state index contributed by atoms with van der Waals surface area (Å²) >= 11 is 0. The number of aliphatic hydroxyl groups excluding tert-OH is 1. The van der Waals surface area contributed by atoms with Gasteiger partial charge in [-0.2, -0.15) is 0 Å². The number of phenolic OH excluding ortho intramolecular Hbond substituents is 2. The minimum Gasteiger partial charge on any atom is -0.508 e. The Kier molecular flexibility index (Phi) is 4.98. The van der Waals surface area contributed by atoms with Crippen LogP contribution in [0.2, 0.25) is 0 Å². The lowest BCUT2D eigenvalue weighted by atomic mass is 9.84. The van der Waals surface area contributed by atoms with Gasteiger partial charge in [-0.1, -0.05) is 6.92 Å². The van der Waals surface area contributed by atoms with Gasteiger partial charge in [0.15, 0.2) is 0 Å². The maximum atomic E-state index is 12.5. The molecule has 9 nitrogen and oxygen atoms in total. The number of ketones is 3. The van der Waals surface area contributed by atoms with E-state index in [1.54, 1.807) is 6.92 Å². The zero-order valence-corrected chi connectivity index (χ0v) is 15.2. The lowest BCUT2D eigenvalue weighted by Crippen LogP contribution is -2.26. The standard InChI is InChI=1S/C20H16O9/c1-2-3-8(21)4-10-7-13(24)15(20(28)29-10)16-18(26)14-11(17(25)19(16)27)5-9(22)6-12(14)23/h5-7,22-24,26H,2-4H2,1H3. The van der Waals surface area contributed by atoms with Gasteiger partial charge >= 0.3 is 5.63 Å². The van der Waals surface area contributed by atoms with E-state index in [9.17, 15) is 39.6 Å². The van der Waals surface area contributed by atoms with Crippen LogP contribution in [-0.4, -0.2) is 37.8 Å². The molecule has 0 bridgehead atoms. The summed E-state index contributed by atoms with van der Waals surface area (Å²) in [6.07, 6.45) is 0.578. The fraction of sp³-hybridized carbons (Fsp3) is 0.200. The lowest BCUT2D eigenvalue weighted by Gasteiger charge is -2.19. The molecule has 0 spiro atoms. The Hall–Kier alpha value is -3.88. The van der Waals surface area contributed by atoms with Crippen molar-refractivity contribution in [1.82, 2.24) is 0 Å². The monoisotopic (exact) mass is 400 g/mol. The number of Topliss-reactive ketones (excluding diaryl/α,β-unsaturated/α-hetero) is 3. The maximum Gasteiger partial charge on any atom is 0.347 e. The van der Waals surface area contributed by atoms with E-state index < -0.39 is 62.5 Å². The van der Waals surface area contributed by atoms with Crippen molar-refractivity contribution in [1.29, 1.82) is 0 Å². The first-order valence-electron chi connectivity index (χ1n) is 8.62. The third-order valence-corrected chi connectivity index (χ3v) is 4.39.